The van der Waals surface area contributed by atoms with Crippen LogP contribution >= 0.6 is 0 Å². The number of hydrogen-bond acceptors (Lipinski definition) is 6. The third kappa shape index (κ3) is 5.77. The highest BCUT2D eigenvalue weighted by Gasteiger charge is 2.13. The quantitative estimate of drug-likeness (QED) is 0.498. The summed E-state index contributed by atoms with van der Waals surface area (Å²) in [5.41, 5.74) is 18.8. The molecule has 0 fully saturated rings. The van der Waals surface area contributed by atoms with E-state index in [2.05, 4.69) is 5.32 Å². The van der Waals surface area contributed by atoms with Crippen LogP contribution in [0.5, 0.6) is 11.5 Å². The Balaban J connectivity index is 0.000000253. The van der Waals surface area contributed by atoms with E-state index in [1.54, 1.807) is 49.6 Å². The van der Waals surface area contributed by atoms with Gasteiger partial charge in [-0.15, -0.1) is 0 Å². The van der Waals surface area contributed by atoms with E-state index in [0.29, 0.717) is 34.2 Å². The van der Waals surface area contributed by atoms with Gasteiger partial charge in [0, 0.05) is 23.5 Å². The highest BCUT2D eigenvalue weighted by Crippen LogP contribution is 2.27. The number of nitrogens with one attached hydrogen (secondary N) is 1. The minimum atomic E-state index is -0.575. The zero-order valence-corrected chi connectivity index (χ0v) is 16.1. The van der Waals surface area contributed by atoms with E-state index >= 15 is 0 Å². The number of anilines is 4. The Morgan fingerprint density at radius 3 is 2.03 bits per heavy atom. The highest BCUT2D eigenvalue weighted by atomic mass is 19.1. The normalized spacial score (nSPS) is 9.76. The van der Waals surface area contributed by atoms with Gasteiger partial charge in [-0.05, 0) is 36.4 Å². The molecule has 0 aliphatic rings. The zero-order valence-electron chi connectivity index (χ0n) is 16.1. The fourth-order valence-electron chi connectivity index (χ4n) is 2.37. The molecule has 0 aromatic heterocycles. The second-order valence-corrected chi connectivity index (χ2v) is 5.90. The molecule has 0 unspecified atom stereocenters. The lowest BCUT2D eigenvalue weighted by atomic mass is 10.2. The van der Waals surface area contributed by atoms with Crippen LogP contribution in [0.15, 0.2) is 60.7 Å². The summed E-state index contributed by atoms with van der Waals surface area (Å²) in [6.07, 6.45) is 0. The first-order valence-corrected chi connectivity index (χ1v) is 8.54. The Morgan fingerprint density at radius 2 is 1.45 bits per heavy atom. The summed E-state index contributed by atoms with van der Waals surface area (Å²) in [6.45, 7) is 0. The number of ether oxygens (including phenoxy) is 2. The van der Waals surface area contributed by atoms with E-state index in [-0.39, 0.29) is 5.56 Å². The van der Waals surface area contributed by atoms with Gasteiger partial charge in [-0.25, -0.2) is 4.39 Å². The summed E-state index contributed by atoms with van der Waals surface area (Å²) in [7, 11) is 3.03. The Morgan fingerprint density at radius 1 is 0.862 bits per heavy atom. The SMILES string of the molecule is COc1cc(N)ccc1N.COc1cc(N)ccc1NC(=O)c1ccccc1F. The maximum absolute atomic E-state index is 13.5. The first-order valence-electron chi connectivity index (χ1n) is 8.54. The molecule has 0 aliphatic carbocycles. The summed E-state index contributed by atoms with van der Waals surface area (Å²) in [5.74, 6) is -0.0692. The van der Waals surface area contributed by atoms with E-state index in [1.807, 2.05) is 0 Å². The number of carbonyl (C=O) groups is 1. The third-order valence-electron chi connectivity index (χ3n) is 3.85. The lowest BCUT2D eigenvalue weighted by Crippen LogP contribution is -2.14. The van der Waals surface area contributed by atoms with Crippen LogP contribution in [0.2, 0.25) is 0 Å². The molecule has 0 saturated heterocycles. The Labute approximate surface area is 168 Å². The molecule has 0 heterocycles. The summed E-state index contributed by atoms with van der Waals surface area (Å²) in [5, 5.41) is 2.59. The molecule has 8 heteroatoms. The van der Waals surface area contributed by atoms with Crippen LogP contribution in [0.25, 0.3) is 0 Å². The molecule has 3 aromatic rings. The summed E-state index contributed by atoms with van der Waals surface area (Å²) < 4.78 is 23.5. The van der Waals surface area contributed by atoms with Crippen molar-refractivity contribution in [2.24, 2.45) is 0 Å². The smallest absolute Gasteiger partial charge is 0.258 e. The van der Waals surface area contributed by atoms with E-state index in [0.717, 1.165) is 0 Å². The fraction of sp³-hybridized carbons (Fsp3) is 0.0952. The van der Waals surface area contributed by atoms with Gasteiger partial charge in [0.15, 0.2) is 0 Å². The number of benzene rings is 3. The third-order valence-corrected chi connectivity index (χ3v) is 3.85. The van der Waals surface area contributed by atoms with Crippen molar-refractivity contribution in [2.75, 3.05) is 36.7 Å². The minimum Gasteiger partial charge on any atom is -0.495 e. The van der Waals surface area contributed by atoms with Gasteiger partial charge in [-0.3, -0.25) is 4.79 Å². The van der Waals surface area contributed by atoms with Crippen LogP contribution < -0.4 is 32.0 Å². The number of nitrogens with two attached hydrogens (primary N) is 3. The number of methoxy groups -OCH3 is 2. The monoisotopic (exact) mass is 398 g/mol. The molecule has 0 aliphatic heterocycles. The number of carbonyl (C=O) groups excluding carboxylic acids is 1. The maximum atomic E-state index is 13.5. The molecule has 0 saturated carbocycles. The van der Waals surface area contributed by atoms with Crippen LogP contribution in [0.1, 0.15) is 10.4 Å². The minimum absolute atomic E-state index is 0.0265. The van der Waals surface area contributed by atoms with E-state index in [9.17, 15) is 9.18 Å². The van der Waals surface area contributed by atoms with Gasteiger partial charge in [-0.1, -0.05) is 12.1 Å². The number of nitrogen functional groups attached to an aromatic ring is 3. The molecule has 0 spiro atoms. The van der Waals surface area contributed by atoms with Crippen LogP contribution in [-0.2, 0) is 0 Å². The van der Waals surface area contributed by atoms with Gasteiger partial charge in [0.1, 0.15) is 17.3 Å². The number of hydrogen-bond donors (Lipinski definition) is 4. The van der Waals surface area contributed by atoms with Crippen molar-refractivity contribution in [3.63, 3.8) is 0 Å². The predicted octanol–water partition coefficient (Wildman–Crippen LogP) is 3.53. The number of halogens is 1. The van der Waals surface area contributed by atoms with Crippen LogP contribution in [0.3, 0.4) is 0 Å². The van der Waals surface area contributed by atoms with Crippen molar-refractivity contribution in [3.8, 4) is 11.5 Å². The average Bonchev–Trinajstić information content (AvgIpc) is 2.71. The Bertz CT molecular complexity index is 995. The Kier molecular flexibility index (Phi) is 7.25. The van der Waals surface area contributed by atoms with Crippen molar-refractivity contribution >= 4 is 28.7 Å². The van der Waals surface area contributed by atoms with Gasteiger partial charge in [0.2, 0.25) is 0 Å². The van der Waals surface area contributed by atoms with Crippen LogP contribution in [-0.4, -0.2) is 20.1 Å². The van der Waals surface area contributed by atoms with Crippen LogP contribution in [0.4, 0.5) is 27.1 Å². The maximum Gasteiger partial charge on any atom is 0.258 e. The van der Waals surface area contributed by atoms with Gasteiger partial charge < -0.3 is 32.0 Å². The first kappa shape index (κ1) is 21.4. The molecular formula is C21H23FN4O3. The largest absolute Gasteiger partial charge is 0.495 e. The predicted molar refractivity (Wildman–Crippen MR) is 114 cm³/mol. The van der Waals surface area contributed by atoms with E-state index < -0.39 is 11.7 Å². The molecule has 7 nitrogen and oxygen atoms in total. The first-order chi connectivity index (χ1) is 13.8. The molecule has 29 heavy (non-hydrogen) atoms. The number of rotatable bonds is 4. The standard InChI is InChI=1S/C14H13FN2O2.C7H10N2O/c1-19-13-8-9(16)6-7-12(13)17-14(18)10-4-2-3-5-11(10)15;1-10-7-4-5(8)2-3-6(7)9/h2-8H,16H2,1H3,(H,17,18);2-4H,8-9H2,1H3. The molecule has 1 amide bonds. The lowest BCUT2D eigenvalue weighted by molar-refractivity contribution is 0.102. The van der Waals surface area contributed by atoms with Crippen molar-refractivity contribution in [3.05, 3.63) is 72.0 Å². The summed E-state index contributed by atoms with van der Waals surface area (Å²) >= 11 is 0. The summed E-state index contributed by atoms with van der Waals surface area (Å²) in [4.78, 5) is 12.0. The van der Waals surface area contributed by atoms with E-state index in [1.165, 1.54) is 25.3 Å². The van der Waals surface area contributed by atoms with Crippen molar-refractivity contribution < 1.29 is 18.7 Å². The lowest BCUT2D eigenvalue weighted by Gasteiger charge is -2.11. The summed E-state index contributed by atoms with van der Waals surface area (Å²) in [6, 6.07) is 15.7. The van der Waals surface area contributed by atoms with Gasteiger partial charge >= 0.3 is 0 Å². The topological polar surface area (TPSA) is 126 Å². The van der Waals surface area contributed by atoms with E-state index in [4.69, 9.17) is 26.7 Å². The van der Waals surface area contributed by atoms with Gasteiger partial charge in [-0.2, -0.15) is 0 Å². The van der Waals surface area contributed by atoms with Crippen molar-refractivity contribution in [1.29, 1.82) is 0 Å². The Hall–Kier alpha value is -3.94. The van der Waals surface area contributed by atoms with Gasteiger partial charge in [0.05, 0.1) is 31.2 Å². The highest BCUT2D eigenvalue weighted by molar-refractivity contribution is 6.05. The molecule has 0 atom stereocenters. The zero-order chi connectivity index (χ0) is 21.4. The molecule has 0 bridgehead atoms. The van der Waals surface area contributed by atoms with Gasteiger partial charge in [0.25, 0.3) is 5.91 Å². The molecular weight excluding hydrogens is 375 g/mol. The second-order valence-electron chi connectivity index (χ2n) is 5.90. The van der Waals surface area contributed by atoms with Crippen molar-refractivity contribution in [1.82, 2.24) is 0 Å². The van der Waals surface area contributed by atoms with Crippen molar-refractivity contribution in [2.45, 2.75) is 0 Å². The van der Waals surface area contributed by atoms with Crippen LogP contribution in [0, 0.1) is 5.82 Å². The molecule has 3 rings (SSSR count). The average molecular weight is 398 g/mol. The fourth-order valence-corrected chi connectivity index (χ4v) is 2.37. The molecule has 7 N–H and O–H groups in total. The molecule has 3 aromatic carbocycles. The molecule has 152 valence electrons. The number of amides is 1. The second kappa shape index (κ2) is 9.84. The molecule has 0 radical (unpaired) electrons.